The van der Waals surface area contributed by atoms with E-state index in [9.17, 15) is 18.5 Å². The summed E-state index contributed by atoms with van der Waals surface area (Å²) in [5.41, 5.74) is 6.58. The number of hydrogen-bond acceptors (Lipinski definition) is 5. The molecule has 36 heavy (non-hydrogen) atoms. The SMILES string of the molecule is CCN(CC)CC1(C(C(N)=O)c2ccc(S(C)(=O)=O)cc2)C=C(Cl)C(c2ccccc2)=C(Cl)C1C#N. The van der Waals surface area contributed by atoms with E-state index in [-0.39, 0.29) is 16.5 Å². The summed E-state index contributed by atoms with van der Waals surface area (Å²) in [7, 11) is -3.44. The van der Waals surface area contributed by atoms with Gasteiger partial charge in [0.1, 0.15) is 0 Å². The zero-order valence-electron chi connectivity index (χ0n) is 20.4. The number of primary amides is 1. The first-order chi connectivity index (χ1) is 17.0. The molecule has 1 amide bonds. The summed E-state index contributed by atoms with van der Waals surface area (Å²) in [5.74, 6) is -2.61. The van der Waals surface area contributed by atoms with Crippen molar-refractivity contribution in [2.24, 2.45) is 17.1 Å². The fourth-order valence-electron chi connectivity index (χ4n) is 4.90. The highest BCUT2D eigenvalue weighted by Gasteiger charge is 2.52. The molecule has 0 radical (unpaired) electrons. The monoisotopic (exact) mass is 545 g/mol. The third kappa shape index (κ3) is 5.37. The number of carbonyl (C=O) groups is 1. The average Bonchev–Trinajstić information content (AvgIpc) is 2.83. The molecular formula is C27H29Cl2N3O3S. The molecule has 0 bridgehead atoms. The first-order valence-corrected chi connectivity index (χ1v) is 14.2. The summed E-state index contributed by atoms with van der Waals surface area (Å²) < 4.78 is 24.0. The molecule has 0 aromatic heterocycles. The Bertz CT molecular complexity index is 1330. The third-order valence-electron chi connectivity index (χ3n) is 6.71. The van der Waals surface area contributed by atoms with E-state index in [2.05, 4.69) is 11.0 Å². The molecule has 0 fully saturated rings. The van der Waals surface area contributed by atoms with Gasteiger partial charge in [-0.3, -0.25) is 4.79 Å². The van der Waals surface area contributed by atoms with Crippen LogP contribution in [0.15, 0.2) is 75.6 Å². The Morgan fingerprint density at radius 1 is 1.11 bits per heavy atom. The van der Waals surface area contributed by atoms with Gasteiger partial charge in [0.15, 0.2) is 9.84 Å². The number of halogens is 2. The number of allylic oxidation sites excluding steroid dienone is 3. The Morgan fingerprint density at radius 2 is 1.69 bits per heavy atom. The number of carbonyl (C=O) groups excluding carboxylic acids is 1. The van der Waals surface area contributed by atoms with Gasteiger partial charge in [-0.2, -0.15) is 5.26 Å². The van der Waals surface area contributed by atoms with Crippen LogP contribution in [0.25, 0.3) is 5.57 Å². The second-order valence-electron chi connectivity index (χ2n) is 8.89. The lowest BCUT2D eigenvalue weighted by molar-refractivity contribution is -0.122. The Balaban J connectivity index is 2.30. The van der Waals surface area contributed by atoms with Crippen LogP contribution in [0.1, 0.15) is 30.9 Å². The van der Waals surface area contributed by atoms with Crippen LogP contribution in [0.5, 0.6) is 0 Å². The van der Waals surface area contributed by atoms with Gasteiger partial charge in [-0.1, -0.05) is 85.6 Å². The molecule has 2 aromatic rings. The number of benzene rings is 2. The Morgan fingerprint density at radius 3 is 2.17 bits per heavy atom. The smallest absolute Gasteiger partial charge is 0.225 e. The molecule has 3 atom stereocenters. The summed E-state index contributed by atoms with van der Waals surface area (Å²) in [6.45, 7) is 5.58. The fourth-order valence-corrected chi connectivity index (χ4v) is 6.46. The molecule has 190 valence electrons. The fraction of sp³-hybridized carbons (Fsp3) is 0.333. The lowest BCUT2D eigenvalue weighted by Crippen LogP contribution is -2.50. The standard InChI is InChI=1S/C27H29Cl2N3O3S/c1-4-32(5-2)17-27(24(26(31)33)19-11-13-20(14-12-19)36(3,34)35)15-22(28)23(25(29)21(27)16-30)18-9-7-6-8-10-18/h6-15,21,24H,4-5,17H2,1-3H3,(H2,31,33). The molecule has 2 aromatic carbocycles. The second kappa shape index (κ2) is 11.2. The van der Waals surface area contributed by atoms with Gasteiger partial charge in [-0.25, -0.2) is 8.42 Å². The Kier molecular flexibility index (Phi) is 8.68. The molecule has 0 saturated heterocycles. The minimum absolute atomic E-state index is 0.116. The molecule has 0 spiro atoms. The van der Waals surface area contributed by atoms with E-state index in [1.807, 2.05) is 44.2 Å². The Labute approximate surface area is 222 Å². The number of nitriles is 1. The summed E-state index contributed by atoms with van der Waals surface area (Å²) in [5, 5.41) is 11.0. The minimum Gasteiger partial charge on any atom is -0.369 e. The molecule has 1 aliphatic carbocycles. The van der Waals surface area contributed by atoms with Crippen molar-refractivity contribution in [3.8, 4) is 6.07 Å². The van der Waals surface area contributed by atoms with Gasteiger partial charge in [0.2, 0.25) is 5.91 Å². The summed E-state index contributed by atoms with van der Waals surface area (Å²) >= 11 is 13.8. The lowest BCUT2D eigenvalue weighted by Gasteiger charge is -2.46. The molecule has 0 aliphatic heterocycles. The number of rotatable bonds is 9. The van der Waals surface area contributed by atoms with Crippen LogP contribution in [0.2, 0.25) is 0 Å². The van der Waals surface area contributed by atoms with Crippen molar-refractivity contribution >= 4 is 44.5 Å². The van der Waals surface area contributed by atoms with E-state index in [0.29, 0.717) is 29.3 Å². The maximum Gasteiger partial charge on any atom is 0.225 e. The molecule has 6 nitrogen and oxygen atoms in total. The van der Waals surface area contributed by atoms with Gasteiger partial charge in [0, 0.05) is 33.9 Å². The van der Waals surface area contributed by atoms with Gasteiger partial charge in [-0.05, 0) is 36.3 Å². The topological polar surface area (TPSA) is 104 Å². The molecule has 1 aliphatic rings. The van der Waals surface area contributed by atoms with Crippen LogP contribution in [0, 0.1) is 22.7 Å². The van der Waals surface area contributed by atoms with Crippen LogP contribution in [-0.2, 0) is 14.6 Å². The van der Waals surface area contributed by atoms with Crippen molar-refractivity contribution < 1.29 is 13.2 Å². The van der Waals surface area contributed by atoms with Crippen LogP contribution in [0.3, 0.4) is 0 Å². The average molecular weight is 547 g/mol. The van der Waals surface area contributed by atoms with Crippen LogP contribution >= 0.6 is 23.2 Å². The number of nitrogens with zero attached hydrogens (tertiary/aromatic N) is 2. The van der Waals surface area contributed by atoms with E-state index in [0.717, 1.165) is 11.8 Å². The number of amides is 1. The molecule has 3 rings (SSSR count). The van der Waals surface area contributed by atoms with E-state index < -0.39 is 33.0 Å². The van der Waals surface area contributed by atoms with E-state index in [4.69, 9.17) is 28.9 Å². The quantitative estimate of drug-likeness (QED) is 0.481. The zero-order chi connectivity index (χ0) is 26.7. The van der Waals surface area contributed by atoms with Crippen molar-refractivity contribution in [1.29, 1.82) is 5.26 Å². The van der Waals surface area contributed by atoms with E-state index in [1.165, 1.54) is 12.1 Å². The summed E-state index contributed by atoms with van der Waals surface area (Å²) in [6.07, 6.45) is 2.86. The summed E-state index contributed by atoms with van der Waals surface area (Å²) in [6, 6.07) is 17.6. The first-order valence-electron chi connectivity index (χ1n) is 11.5. The van der Waals surface area contributed by atoms with Gasteiger partial charge >= 0.3 is 0 Å². The van der Waals surface area contributed by atoms with Crippen molar-refractivity contribution in [2.45, 2.75) is 24.7 Å². The lowest BCUT2D eigenvalue weighted by atomic mass is 9.61. The molecule has 2 N–H and O–H groups in total. The van der Waals surface area contributed by atoms with Crippen LogP contribution in [-0.4, -0.2) is 45.1 Å². The minimum atomic E-state index is -3.44. The first kappa shape index (κ1) is 27.9. The van der Waals surface area contributed by atoms with Crippen molar-refractivity contribution in [2.75, 3.05) is 25.9 Å². The molecule has 9 heteroatoms. The van der Waals surface area contributed by atoms with Gasteiger partial charge in [0.05, 0.1) is 22.8 Å². The molecule has 0 saturated carbocycles. The normalized spacial score (nSPS) is 21.1. The van der Waals surface area contributed by atoms with Gasteiger partial charge in [0.25, 0.3) is 0 Å². The second-order valence-corrected chi connectivity index (χ2v) is 11.7. The maximum atomic E-state index is 13.1. The van der Waals surface area contributed by atoms with Gasteiger partial charge < -0.3 is 10.6 Å². The van der Waals surface area contributed by atoms with Crippen molar-refractivity contribution in [3.05, 3.63) is 81.9 Å². The van der Waals surface area contributed by atoms with Crippen LogP contribution in [0.4, 0.5) is 0 Å². The Hall–Kier alpha value is -2.63. The number of sulfone groups is 1. The predicted octanol–water partition coefficient (Wildman–Crippen LogP) is 4.91. The highest BCUT2D eigenvalue weighted by molar-refractivity contribution is 7.90. The third-order valence-corrected chi connectivity index (χ3v) is 8.54. The highest BCUT2D eigenvalue weighted by Crippen LogP contribution is 2.55. The largest absolute Gasteiger partial charge is 0.369 e. The number of hydrogen-bond donors (Lipinski definition) is 1. The predicted molar refractivity (Wildman–Crippen MR) is 144 cm³/mol. The van der Waals surface area contributed by atoms with Crippen molar-refractivity contribution in [1.82, 2.24) is 4.90 Å². The molecule has 3 unspecified atom stereocenters. The number of nitrogens with two attached hydrogens (primary N) is 1. The van der Waals surface area contributed by atoms with Gasteiger partial charge in [-0.15, -0.1) is 0 Å². The summed E-state index contributed by atoms with van der Waals surface area (Å²) in [4.78, 5) is 15.3. The van der Waals surface area contributed by atoms with Crippen molar-refractivity contribution in [3.63, 3.8) is 0 Å². The van der Waals surface area contributed by atoms with E-state index >= 15 is 0 Å². The van der Waals surface area contributed by atoms with Crippen LogP contribution < -0.4 is 5.73 Å². The zero-order valence-corrected chi connectivity index (χ0v) is 22.7. The highest BCUT2D eigenvalue weighted by atomic mass is 35.5. The van der Waals surface area contributed by atoms with E-state index in [1.54, 1.807) is 18.2 Å². The maximum absolute atomic E-state index is 13.1. The molecule has 0 heterocycles. The molecular weight excluding hydrogens is 517 g/mol.